The maximum absolute atomic E-state index is 13.8. The Kier molecular flexibility index (Phi) is 4.80. The average molecular weight is 341 g/mol. The summed E-state index contributed by atoms with van der Waals surface area (Å²) in [4.78, 5) is 0. The van der Waals surface area contributed by atoms with Gasteiger partial charge in [0.05, 0.1) is 17.3 Å². The van der Waals surface area contributed by atoms with Crippen molar-refractivity contribution < 1.29 is 8.78 Å². The number of halogens is 2. The SMILES string of the molecule is N#Cc1cc(F)c(NCCNc2nnnn2-c2ccccc2)c(F)c1. The van der Waals surface area contributed by atoms with Gasteiger partial charge in [0.1, 0.15) is 5.69 Å². The summed E-state index contributed by atoms with van der Waals surface area (Å²) in [7, 11) is 0. The molecule has 3 aromatic rings. The maximum Gasteiger partial charge on any atom is 0.247 e. The third-order valence-corrected chi connectivity index (χ3v) is 3.35. The van der Waals surface area contributed by atoms with E-state index in [1.54, 1.807) is 6.07 Å². The molecule has 0 spiro atoms. The first-order chi connectivity index (χ1) is 12.2. The molecule has 0 aliphatic carbocycles. The fourth-order valence-corrected chi connectivity index (χ4v) is 2.21. The zero-order valence-electron chi connectivity index (χ0n) is 12.9. The van der Waals surface area contributed by atoms with Crippen LogP contribution in [0.4, 0.5) is 20.4 Å². The van der Waals surface area contributed by atoms with Crippen LogP contribution in [0.1, 0.15) is 5.56 Å². The van der Waals surface area contributed by atoms with Crippen molar-refractivity contribution in [2.75, 3.05) is 23.7 Å². The third kappa shape index (κ3) is 3.69. The number of benzene rings is 2. The van der Waals surface area contributed by atoms with E-state index in [9.17, 15) is 8.78 Å². The van der Waals surface area contributed by atoms with E-state index in [4.69, 9.17) is 5.26 Å². The van der Waals surface area contributed by atoms with E-state index in [1.165, 1.54) is 4.68 Å². The molecule has 3 rings (SSSR count). The van der Waals surface area contributed by atoms with Gasteiger partial charge in [-0.2, -0.15) is 9.94 Å². The summed E-state index contributed by atoms with van der Waals surface area (Å²) in [6.45, 7) is 0.549. The van der Waals surface area contributed by atoms with E-state index in [2.05, 4.69) is 26.2 Å². The molecule has 0 bridgehead atoms. The Morgan fingerprint density at radius 1 is 1.04 bits per heavy atom. The first-order valence-corrected chi connectivity index (χ1v) is 7.39. The molecule has 0 aliphatic rings. The molecule has 126 valence electrons. The molecular weight excluding hydrogens is 328 g/mol. The summed E-state index contributed by atoms with van der Waals surface area (Å²) in [5, 5.41) is 25.7. The van der Waals surface area contributed by atoms with Gasteiger partial charge in [-0.05, 0) is 34.7 Å². The van der Waals surface area contributed by atoms with Crippen molar-refractivity contribution in [3.63, 3.8) is 0 Å². The van der Waals surface area contributed by atoms with Gasteiger partial charge < -0.3 is 10.6 Å². The Balaban J connectivity index is 1.60. The van der Waals surface area contributed by atoms with Crippen LogP contribution >= 0.6 is 0 Å². The number of rotatable bonds is 6. The van der Waals surface area contributed by atoms with Crippen molar-refractivity contribution >= 4 is 11.6 Å². The lowest BCUT2D eigenvalue weighted by molar-refractivity contribution is 0.587. The molecule has 1 aromatic heterocycles. The zero-order valence-corrected chi connectivity index (χ0v) is 12.9. The summed E-state index contributed by atoms with van der Waals surface area (Å²) in [5.74, 6) is -1.22. The number of anilines is 2. The molecule has 2 aromatic carbocycles. The van der Waals surface area contributed by atoms with Gasteiger partial charge in [0.15, 0.2) is 11.6 Å². The predicted octanol–water partition coefficient (Wildman–Crippen LogP) is 2.34. The highest BCUT2D eigenvalue weighted by Gasteiger charge is 2.11. The molecular formula is C16H13F2N7. The van der Waals surface area contributed by atoms with Crippen LogP contribution in [0, 0.1) is 23.0 Å². The van der Waals surface area contributed by atoms with Gasteiger partial charge in [-0.25, -0.2) is 8.78 Å². The second-order valence-corrected chi connectivity index (χ2v) is 5.03. The number of hydrogen-bond acceptors (Lipinski definition) is 6. The Hall–Kier alpha value is -3.54. The quantitative estimate of drug-likeness (QED) is 0.669. The number of nitrogens with zero attached hydrogens (tertiary/aromatic N) is 5. The average Bonchev–Trinajstić information content (AvgIpc) is 3.09. The molecule has 2 N–H and O–H groups in total. The number of para-hydroxylation sites is 1. The second-order valence-electron chi connectivity index (χ2n) is 5.03. The van der Waals surface area contributed by atoms with Gasteiger partial charge in [0, 0.05) is 13.1 Å². The second kappa shape index (κ2) is 7.35. The number of tetrazole rings is 1. The van der Waals surface area contributed by atoms with E-state index in [1.807, 2.05) is 30.3 Å². The van der Waals surface area contributed by atoms with Crippen LogP contribution in [0.15, 0.2) is 42.5 Å². The molecule has 9 heteroatoms. The van der Waals surface area contributed by atoms with Crippen molar-refractivity contribution in [1.29, 1.82) is 5.26 Å². The van der Waals surface area contributed by atoms with Crippen LogP contribution in [-0.2, 0) is 0 Å². The molecule has 0 atom stereocenters. The minimum atomic E-state index is -0.814. The summed E-state index contributed by atoms with van der Waals surface area (Å²) >= 11 is 0. The highest BCUT2D eigenvalue weighted by molar-refractivity contribution is 5.50. The fourth-order valence-electron chi connectivity index (χ4n) is 2.21. The summed E-state index contributed by atoms with van der Waals surface area (Å²) in [6, 6.07) is 13.0. The predicted molar refractivity (Wildman–Crippen MR) is 87.2 cm³/mol. The van der Waals surface area contributed by atoms with Crippen LogP contribution in [0.3, 0.4) is 0 Å². The fraction of sp³-hybridized carbons (Fsp3) is 0.125. The van der Waals surface area contributed by atoms with Crippen LogP contribution < -0.4 is 10.6 Å². The molecule has 25 heavy (non-hydrogen) atoms. The Labute approximate surface area is 141 Å². The van der Waals surface area contributed by atoms with Crippen LogP contribution in [0.2, 0.25) is 0 Å². The topological polar surface area (TPSA) is 91.4 Å². The number of hydrogen-bond donors (Lipinski definition) is 2. The van der Waals surface area contributed by atoms with E-state index in [0.717, 1.165) is 17.8 Å². The van der Waals surface area contributed by atoms with Gasteiger partial charge in [0.2, 0.25) is 5.95 Å². The molecule has 0 fully saturated rings. The lowest BCUT2D eigenvalue weighted by Crippen LogP contribution is -2.17. The molecule has 0 saturated carbocycles. The van der Waals surface area contributed by atoms with Crippen LogP contribution in [-0.4, -0.2) is 33.3 Å². The molecule has 0 radical (unpaired) electrons. The normalized spacial score (nSPS) is 10.3. The van der Waals surface area contributed by atoms with E-state index >= 15 is 0 Å². The van der Waals surface area contributed by atoms with Crippen molar-refractivity contribution in [2.24, 2.45) is 0 Å². The lowest BCUT2D eigenvalue weighted by atomic mass is 10.2. The van der Waals surface area contributed by atoms with Crippen molar-refractivity contribution in [1.82, 2.24) is 20.2 Å². The summed E-state index contributed by atoms with van der Waals surface area (Å²) in [6.07, 6.45) is 0. The van der Waals surface area contributed by atoms with Crippen LogP contribution in [0.25, 0.3) is 5.69 Å². The monoisotopic (exact) mass is 341 g/mol. The first-order valence-electron chi connectivity index (χ1n) is 7.39. The minimum Gasteiger partial charge on any atom is -0.379 e. The molecule has 0 saturated heterocycles. The number of aromatic nitrogens is 4. The third-order valence-electron chi connectivity index (χ3n) is 3.35. The van der Waals surface area contributed by atoms with Crippen molar-refractivity contribution in [2.45, 2.75) is 0 Å². The smallest absolute Gasteiger partial charge is 0.247 e. The van der Waals surface area contributed by atoms with E-state index in [-0.39, 0.29) is 17.8 Å². The van der Waals surface area contributed by atoms with Gasteiger partial charge >= 0.3 is 0 Å². The van der Waals surface area contributed by atoms with Crippen LogP contribution in [0.5, 0.6) is 0 Å². The highest BCUT2D eigenvalue weighted by Crippen LogP contribution is 2.20. The summed E-state index contributed by atoms with van der Waals surface area (Å²) < 4.78 is 29.1. The largest absolute Gasteiger partial charge is 0.379 e. The highest BCUT2D eigenvalue weighted by atomic mass is 19.1. The van der Waals surface area contributed by atoms with Gasteiger partial charge in [-0.15, -0.1) is 0 Å². The molecule has 7 nitrogen and oxygen atoms in total. The standard InChI is InChI=1S/C16H13F2N7/c17-13-8-11(10-19)9-14(18)15(13)20-6-7-21-16-22-23-24-25(16)12-4-2-1-3-5-12/h1-5,8-9,20H,6-7H2,(H,21,22,24). The summed E-state index contributed by atoms with van der Waals surface area (Å²) in [5.41, 5.74) is 0.441. The maximum atomic E-state index is 13.8. The molecule has 0 aliphatic heterocycles. The Morgan fingerprint density at radius 2 is 1.72 bits per heavy atom. The Morgan fingerprint density at radius 3 is 2.40 bits per heavy atom. The minimum absolute atomic E-state index is 0.0688. The molecule has 1 heterocycles. The van der Waals surface area contributed by atoms with Gasteiger partial charge in [0.25, 0.3) is 0 Å². The number of nitrogens with one attached hydrogen (secondary N) is 2. The van der Waals surface area contributed by atoms with E-state index in [0.29, 0.717) is 12.5 Å². The molecule has 0 amide bonds. The first kappa shape index (κ1) is 16.3. The van der Waals surface area contributed by atoms with Gasteiger partial charge in [-0.1, -0.05) is 23.3 Å². The Bertz CT molecular complexity index is 879. The van der Waals surface area contributed by atoms with E-state index < -0.39 is 11.6 Å². The van der Waals surface area contributed by atoms with Crippen molar-refractivity contribution in [3.8, 4) is 11.8 Å². The zero-order chi connectivity index (χ0) is 17.6. The molecule has 0 unspecified atom stereocenters. The van der Waals surface area contributed by atoms with Gasteiger partial charge in [-0.3, -0.25) is 0 Å². The lowest BCUT2D eigenvalue weighted by Gasteiger charge is -2.10. The number of nitriles is 1. The van der Waals surface area contributed by atoms with Crippen molar-refractivity contribution in [3.05, 3.63) is 59.7 Å².